The molecule has 186 valence electrons. The highest BCUT2D eigenvalue weighted by molar-refractivity contribution is 7.88. The normalized spacial score (nSPS) is 11.9. The molecule has 3 aromatic heterocycles. The number of hydrogen-bond donors (Lipinski definition) is 2. The third-order valence-corrected chi connectivity index (χ3v) is 6.56. The topological polar surface area (TPSA) is 117 Å². The van der Waals surface area contributed by atoms with Gasteiger partial charge in [0.2, 0.25) is 10.0 Å². The Balaban J connectivity index is 1.57. The van der Waals surface area contributed by atoms with E-state index in [0.717, 1.165) is 40.0 Å². The molecule has 0 fully saturated rings. The van der Waals surface area contributed by atoms with Crippen LogP contribution >= 0.6 is 0 Å². The Morgan fingerprint density at radius 1 is 1.20 bits per heavy atom. The molecule has 11 heteroatoms. The number of pyridine rings is 1. The van der Waals surface area contributed by atoms with Gasteiger partial charge in [-0.15, -0.1) is 0 Å². The maximum absolute atomic E-state index is 14.1. The fourth-order valence-electron chi connectivity index (χ4n) is 4.03. The van der Waals surface area contributed by atoms with Crippen molar-refractivity contribution in [1.82, 2.24) is 23.9 Å². The number of fused-ring (bicyclic) bond motifs is 1. The second-order valence-electron chi connectivity index (χ2n) is 8.40. The highest BCUT2D eigenvalue weighted by atomic mass is 32.2. The minimum atomic E-state index is -3.35. The molecule has 0 aliphatic heterocycles. The zero-order valence-corrected chi connectivity index (χ0v) is 20.8. The monoisotopic (exact) mass is 500 g/mol. The zero-order valence-electron chi connectivity index (χ0n) is 20.0. The Hall–Kier alpha value is -3.28. The number of nitrogens with zero attached hydrogens (tertiary/aromatic N) is 4. The number of nitrogens with one attached hydrogen (secondary N) is 1. The van der Waals surface area contributed by atoms with Gasteiger partial charge in [-0.1, -0.05) is 0 Å². The molecular formula is C24H29FN6O3S. The number of aryl methyl sites for hydroxylation is 1. The second kappa shape index (κ2) is 10.1. The van der Waals surface area contributed by atoms with Gasteiger partial charge in [-0.05, 0) is 37.7 Å². The predicted octanol–water partition coefficient (Wildman–Crippen LogP) is 2.35. The van der Waals surface area contributed by atoms with E-state index in [1.165, 1.54) is 12.1 Å². The van der Waals surface area contributed by atoms with Gasteiger partial charge in [-0.25, -0.2) is 22.5 Å². The lowest BCUT2D eigenvalue weighted by Gasteiger charge is -2.13. The summed E-state index contributed by atoms with van der Waals surface area (Å²) in [6.45, 7) is 2.79. The number of nitrogens with two attached hydrogens (primary N) is 1. The largest absolute Gasteiger partial charge is 0.492 e. The van der Waals surface area contributed by atoms with Gasteiger partial charge in [0, 0.05) is 66.4 Å². The van der Waals surface area contributed by atoms with Crippen molar-refractivity contribution in [3.05, 3.63) is 71.2 Å². The average Bonchev–Trinajstić information content (AvgIpc) is 3.33. The first-order valence-corrected chi connectivity index (χ1v) is 13.1. The van der Waals surface area contributed by atoms with Gasteiger partial charge in [0.05, 0.1) is 25.1 Å². The number of sulfonamides is 1. The van der Waals surface area contributed by atoms with Crippen LogP contribution in [0.15, 0.2) is 42.7 Å². The van der Waals surface area contributed by atoms with E-state index in [4.69, 9.17) is 10.5 Å². The maximum atomic E-state index is 14.1. The Kier molecular flexibility index (Phi) is 7.20. The number of hydrogen-bond acceptors (Lipinski definition) is 6. The van der Waals surface area contributed by atoms with Gasteiger partial charge >= 0.3 is 0 Å². The second-order valence-corrected chi connectivity index (χ2v) is 10.2. The van der Waals surface area contributed by atoms with Crippen molar-refractivity contribution in [3.8, 4) is 16.9 Å². The minimum absolute atomic E-state index is 0.0944. The molecule has 0 spiro atoms. The first-order chi connectivity index (χ1) is 16.7. The summed E-state index contributed by atoms with van der Waals surface area (Å²) in [4.78, 5) is 4.41. The van der Waals surface area contributed by atoms with Gasteiger partial charge in [0.25, 0.3) is 0 Å². The summed E-state index contributed by atoms with van der Waals surface area (Å²) >= 11 is 0. The minimum Gasteiger partial charge on any atom is -0.492 e. The van der Waals surface area contributed by atoms with E-state index in [9.17, 15) is 12.8 Å². The fraction of sp³-hybridized carbons (Fsp3) is 0.333. The lowest BCUT2D eigenvalue weighted by molar-refractivity contribution is 0.321. The molecule has 0 aliphatic carbocycles. The summed E-state index contributed by atoms with van der Waals surface area (Å²) in [5.74, 6) is 0.0223. The van der Waals surface area contributed by atoms with E-state index in [2.05, 4.69) is 14.8 Å². The number of ether oxygens (including phenoxy) is 1. The molecule has 9 nitrogen and oxygen atoms in total. The Morgan fingerprint density at radius 3 is 2.74 bits per heavy atom. The average molecular weight is 501 g/mol. The summed E-state index contributed by atoms with van der Waals surface area (Å²) in [7, 11) is -1.55. The molecule has 35 heavy (non-hydrogen) atoms. The van der Waals surface area contributed by atoms with Gasteiger partial charge in [-0.2, -0.15) is 5.10 Å². The molecule has 1 aromatic carbocycles. The molecule has 3 N–H and O–H groups in total. The van der Waals surface area contributed by atoms with Gasteiger partial charge in [0.15, 0.2) is 0 Å². The van der Waals surface area contributed by atoms with Crippen LogP contribution in [0.3, 0.4) is 0 Å². The first-order valence-electron chi connectivity index (χ1n) is 11.2. The Morgan fingerprint density at radius 2 is 2.00 bits per heavy atom. The molecule has 0 unspecified atom stereocenters. The van der Waals surface area contributed by atoms with E-state index in [0.29, 0.717) is 30.8 Å². The quantitative estimate of drug-likeness (QED) is 0.345. The summed E-state index contributed by atoms with van der Waals surface area (Å²) in [5, 5.41) is 4.42. The van der Waals surface area contributed by atoms with E-state index >= 15 is 0 Å². The fourth-order valence-corrected chi connectivity index (χ4v) is 4.43. The number of benzene rings is 1. The van der Waals surface area contributed by atoms with Crippen molar-refractivity contribution in [2.45, 2.75) is 26.3 Å². The molecule has 0 amide bonds. The van der Waals surface area contributed by atoms with Crippen LogP contribution in [0.5, 0.6) is 5.75 Å². The number of aromatic nitrogens is 4. The number of rotatable bonds is 10. The molecule has 3 heterocycles. The highest BCUT2D eigenvalue weighted by Crippen LogP contribution is 2.31. The van der Waals surface area contributed by atoms with Crippen molar-refractivity contribution in [2.24, 2.45) is 12.8 Å². The van der Waals surface area contributed by atoms with Crippen molar-refractivity contribution in [2.75, 3.05) is 19.4 Å². The summed E-state index contributed by atoms with van der Waals surface area (Å²) < 4.78 is 49.4. The summed E-state index contributed by atoms with van der Waals surface area (Å²) in [6.07, 6.45) is 6.04. The van der Waals surface area contributed by atoms with Gasteiger partial charge in [0.1, 0.15) is 17.2 Å². The molecule has 0 bridgehead atoms. The van der Waals surface area contributed by atoms with Gasteiger partial charge in [-0.3, -0.25) is 4.68 Å². The standard InChI is InChI=1S/C24H29FN6O3S/c1-16-20(22(29-30(16)2)14-28-35(3,32)33)9-11-34-23-12-18(25)5-6-21(23)17-4-7-24-27-13-19(8-10-26)31(24)15-17/h4-7,12-13,15,28H,8-11,14,26H2,1-3H3. The van der Waals surface area contributed by atoms with Crippen LogP contribution in [0.25, 0.3) is 16.8 Å². The SMILES string of the molecule is Cc1c(CCOc2cc(F)ccc2-c2ccc3ncc(CCN)n3c2)c(CNS(C)(=O)=O)nn1C. The van der Waals surface area contributed by atoms with Crippen LogP contribution in [0.2, 0.25) is 0 Å². The first kappa shape index (κ1) is 24.8. The van der Waals surface area contributed by atoms with Crippen molar-refractivity contribution < 1.29 is 17.5 Å². The van der Waals surface area contributed by atoms with E-state index < -0.39 is 15.8 Å². The Labute approximate surface area is 203 Å². The number of imidazole rings is 1. The molecule has 0 radical (unpaired) electrons. The van der Waals surface area contributed by atoms with Crippen LogP contribution in [0.1, 0.15) is 22.6 Å². The van der Waals surface area contributed by atoms with Crippen molar-refractivity contribution >= 4 is 15.7 Å². The lowest BCUT2D eigenvalue weighted by Crippen LogP contribution is -2.22. The third-order valence-electron chi connectivity index (χ3n) is 5.89. The van der Waals surface area contributed by atoms with Crippen LogP contribution in [-0.4, -0.2) is 47.0 Å². The van der Waals surface area contributed by atoms with Crippen molar-refractivity contribution in [1.29, 1.82) is 0 Å². The molecular weight excluding hydrogens is 471 g/mol. The highest BCUT2D eigenvalue weighted by Gasteiger charge is 2.16. The summed E-state index contributed by atoms with van der Waals surface area (Å²) in [5.41, 5.74) is 11.6. The molecule has 0 aliphatic rings. The molecule has 4 rings (SSSR count). The van der Waals surface area contributed by atoms with E-state index in [1.807, 2.05) is 29.7 Å². The van der Waals surface area contributed by atoms with E-state index in [-0.39, 0.29) is 13.2 Å². The Bertz CT molecular complexity index is 1460. The smallest absolute Gasteiger partial charge is 0.209 e. The third kappa shape index (κ3) is 5.69. The molecule has 0 saturated heterocycles. The molecule has 4 aromatic rings. The van der Waals surface area contributed by atoms with Crippen LogP contribution in [0.4, 0.5) is 4.39 Å². The predicted molar refractivity (Wildman–Crippen MR) is 132 cm³/mol. The number of halogens is 1. The van der Waals surface area contributed by atoms with Crippen LogP contribution < -0.4 is 15.2 Å². The molecule has 0 saturated carbocycles. The van der Waals surface area contributed by atoms with Gasteiger partial charge < -0.3 is 14.9 Å². The van der Waals surface area contributed by atoms with E-state index in [1.54, 1.807) is 24.0 Å². The van der Waals surface area contributed by atoms with Crippen molar-refractivity contribution in [3.63, 3.8) is 0 Å². The maximum Gasteiger partial charge on any atom is 0.209 e. The summed E-state index contributed by atoms with van der Waals surface area (Å²) in [6, 6.07) is 8.30. The van der Waals surface area contributed by atoms with Crippen LogP contribution in [0, 0.1) is 12.7 Å². The zero-order chi connectivity index (χ0) is 25.2. The van der Waals surface area contributed by atoms with Crippen LogP contribution in [-0.2, 0) is 36.5 Å². The lowest BCUT2D eigenvalue weighted by atomic mass is 10.1. The molecule has 0 atom stereocenters.